The van der Waals surface area contributed by atoms with Crippen LogP contribution >= 0.6 is 0 Å². The maximum absolute atomic E-state index is 11.4. The van der Waals surface area contributed by atoms with Crippen LogP contribution in [0.25, 0.3) is 0 Å². The first-order chi connectivity index (χ1) is 8.20. The van der Waals surface area contributed by atoms with Gasteiger partial charge < -0.3 is 5.11 Å². The molecule has 1 aromatic rings. The second-order valence-electron chi connectivity index (χ2n) is 4.26. The molecule has 0 bridgehead atoms. The molecule has 0 spiro atoms. The second-order valence-corrected chi connectivity index (χ2v) is 4.26. The van der Waals surface area contributed by atoms with Gasteiger partial charge in [-0.15, -0.1) is 0 Å². The Morgan fingerprint density at radius 1 is 1.35 bits per heavy atom. The molecule has 0 aromatic heterocycles. The first-order valence-electron chi connectivity index (χ1n) is 5.55. The normalized spacial score (nSPS) is 27.4. The number of benzene rings is 1. The summed E-state index contributed by atoms with van der Waals surface area (Å²) in [6.07, 6.45) is 4.62. The number of carboxylic acid groups (broad SMARTS) is 1. The third-order valence-corrected chi connectivity index (χ3v) is 3.36. The summed E-state index contributed by atoms with van der Waals surface area (Å²) in [6.45, 7) is 0. The van der Waals surface area contributed by atoms with E-state index in [1.165, 1.54) is 0 Å². The van der Waals surface area contributed by atoms with Gasteiger partial charge in [-0.2, -0.15) is 5.26 Å². The van der Waals surface area contributed by atoms with E-state index in [2.05, 4.69) is 0 Å². The van der Waals surface area contributed by atoms with Gasteiger partial charge in [0.05, 0.1) is 6.07 Å². The molecule has 0 heterocycles. The minimum absolute atomic E-state index is 0.267. The topological polar surface area (TPSA) is 61.1 Å². The third-order valence-electron chi connectivity index (χ3n) is 3.36. The first kappa shape index (κ1) is 11.4. The summed E-state index contributed by atoms with van der Waals surface area (Å²) in [7, 11) is 0. The van der Waals surface area contributed by atoms with Gasteiger partial charge in [-0.25, -0.2) is 0 Å². The summed E-state index contributed by atoms with van der Waals surface area (Å²) in [5.74, 6) is -1.30. The molecule has 17 heavy (non-hydrogen) atoms. The number of carboxylic acids is 1. The van der Waals surface area contributed by atoms with Gasteiger partial charge >= 0.3 is 5.97 Å². The third kappa shape index (κ3) is 1.83. The summed E-state index contributed by atoms with van der Waals surface area (Å²) >= 11 is 0. The Morgan fingerprint density at radius 2 is 2.06 bits per heavy atom. The molecule has 2 rings (SSSR count). The van der Waals surface area contributed by atoms with Crippen LogP contribution in [0.3, 0.4) is 0 Å². The van der Waals surface area contributed by atoms with Crippen molar-refractivity contribution in [3.63, 3.8) is 0 Å². The number of nitrogens with zero attached hydrogens (tertiary/aromatic N) is 1. The summed E-state index contributed by atoms with van der Waals surface area (Å²) in [6, 6.07) is 11.4. The standard InChI is InChI=1S/C14H13NO2/c15-10-14(13(16)17)9-5-4-8-12(14)11-6-2-1-3-7-11/h1-7,12H,8-9H2,(H,16,17)/t12-,14-/m1/s1. The summed E-state index contributed by atoms with van der Waals surface area (Å²) in [5.41, 5.74) is -0.406. The minimum atomic E-state index is -1.32. The highest BCUT2D eigenvalue weighted by Crippen LogP contribution is 2.44. The number of allylic oxidation sites excluding steroid dienone is 2. The van der Waals surface area contributed by atoms with Gasteiger partial charge in [-0.1, -0.05) is 42.5 Å². The fourth-order valence-electron chi connectivity index (χ4n) is 2.36. The lowest BCUT2D eigenvalue weighted by atomic mass is 9.67. The van der Waals surface area contributed by atoms with Crippen molar-refractivity contribution in [3.8, 4) is 6.07 Å². The van der Waals surface area contributed by atoms with E-state index in [0.29, 0.717) is 6.42 Å². The zero-order valence-corrected chi connectivity index (χ0v) is 9.34. The summed E-state index contributed by atoms with van der Waals surface area (Å²) in [4.78, 5) is 11.4. The SMILES string of the molecule is N#C[C@]1(C(=O)O)CC=CC[C@@H]1c1ccccc1. The van der Waals surface area contributed by atoms with Crippen molar-refractivity contribution in [1.82, 2.24) is 0 Å². The number of rotatable bonds is 2. The van der Waals surface area contributed by atoms with E-state index in [4.69, 9.17) is 0 Å². The van der Waals surface area contributed by atoms with E-state index in [-0.39, 0.29) is 12.3 Å². The molecule has 3 nitrogen and oxygen atoms in total. The van der Waals surface area contributed by atoms with Gasteiger partial charge in [0.15, 0.2) is 5.41 Å². The highest BCUT2D eigenvalue weighted by molar-refractivity contribution is 5.80. The number of hydrogen-bond acceptors (Lipinski definition) is 2. The van der Waals surface area contributed by atoms with E-state index >= 15 is 0 Å². The van der Waals surface area contributed by atoms with Crippen LogP contribution in [0.2, 0.25) is 0 Å². The molecule has 3 heteroatoms. The summed E-state index contributed by atoms with van der Waals surface area (Å²) in [5, 5.41) is 18.6. The van der Waals surface area contributed by atoms with Crippen LogP contribution in [0.4, 0.5) is 0 Å². The molecule has 86 valence electrons. The lowest BCUT2D eigenvalue weighted by Gasteiger charge is -2.32. The molecule has 1 N–H and O–H groups in total. The van der Waals surface area contributed by atoms with Crippen molar-refractivity contribution >= 4 is 5.97 Å². The average Bonchev–Trinajstić information content (AvgIpc) is 2.39. The smallest absolute Gasteiger partial charge is 0.325 e. The monoisotopic (exact) mass is 227 g/mol. The van der Waals surface area contributed by atoms with E-state index < -0.39 is 11.4 Å². The Morgan fingerprint density at radius 3 is 2.65 bits per heavy atom. The molecule has 0 unspecified atom stereocenters. The Labute approximate surface area is 100 Å². The van der Waals surface area contributed by atoms with Crippen LogP contribution in [0.15, 0.2) is 42.5 Å². The van der Waals surface area contributed by atoms with E-state index in [1.807, 2.05) is 42.5 Å². The number of aliphatic carboxylic acids is 1. The predicted octanol–water partition coefficient (Wildman–Crippen LogP) is 2.71. The van der Waals surface area contributed by atoms with E-state index in [0.717, 1.165) is 5.56 Å². The van der Waals surface area contributed by atoms with Gasteiger partial charge in [0.25, 0.3) is 0 Å². The molecule has 2 atom stereocenters. The Balaban J connectivity index is 2.48. The summed E-state index contributed by atoms with van der Waals surface area (Å²) < 4.78 is 0. The van der Waals surface area contributed by atoms with E-state index in [9.17, 15) is 15.2 Å². The van der Waals surface area contributed by atoms with Gasteiger partial charge in [-0.05, 0) is 18.4 Å². The quantitative estimate of drug-likeness (QED) is 0.790. The first-order valence-corrected chi connectivity index (χ1v) is 5.55. The molecular formula is C14H13NO2. The Kier molecular flexibility index (Phi) is 2.97. The fraction of sp³-hybridized carbons (Fsp3) is 0.286. The van der Waals surface area contributed by atoms with Crippen LogP contribution in [0, 0.1) is 16.7 Å². The zero-order valence-electron chi connectivity index (χ0n) is 9.34. The highest BCUT2D eigenvalue weighted by atomic mass is 16.4. The predicted molar refractivity (Wildman–Crippen MR) is 63.2 cm³/mol. The van der Waals surface area contributed by atoms with Crippen LogP contribution in [-0.4, -0.2) is 11.1 Å². The molecular weight excluding hydrogens is 214 g/mol. The minimum Gasteiger partial charge on any atom is -0.480 e. The molecule has 0 saturated carbocycles. The lowest BCUT2D eigenvalue weighted by molar-refractivity contribution is -0.146. The lowest BCUT2D eigenvalue weighted by Crippen LogP contribution is -2.37. The largest absolute Gasteiger partial charge is 0.480 e. The van der Waals surface area contributed by atoms with Crippen LogP contribution in [0.1, 0.15) is 24.3 Å². The van der Waals surface area contributed by atoms with Crippen LogP contribution in [0.5, 0.6) is 0 Å². The number of nitriles is 1. The second kappa shape index (κ2) is 4.42. The maximum Gasteiger partial charge on any atom is 0.325 e. The molecule has 0 fully saturated rings. The highest BCUT2D eigenvalue weighted by Gasteiger charge is 2.47. The Bertz CT molecular complexity index is 487. The zero-order chi connectivity index (χ0) is 12.3. The number of carbonyl (C=O) groups is 1. The van der Waals surface area contributed by atoms with Gasteiger partial charge in [0, 0.05) is 5.92 Å². The van der Waals surface area contributed by atoms with Crippen molar-refractivity contribution in [2.75, 3.05) is 0 Å². The van der Waals surface area contributed by atoms with Crippen LogP contribution in [-0.2, 0) is 4.79 Å². The molecule has 1 aliphatic rings. The number of hydrogen-bond donors (Lipinski definition) is 1. The molecule has 1 aliphatic carbocycles. The molecule has 0 radical (unpaired) electrons. The van der Waals surface area contributed by atoms with Gasteiger partial charge in [0.2, 0.25) is 0 Å². The average molecular weight is 227 g/mol. The maximum atomic E-state index is 11.4. The fourth-order valence-corrected chi connectivity index (χ4v) is 2.36. The molecule has 0 amide bonds. The van der Waals surface area contributed by atoms with Gasteiger partial charge in [0.1, 0.15) is 0 Å². The van der Waals surface area contributed by atoms with E-state index in [1.54, 1.807) is 6.08 Å². The molecule has 0 aliphatic heterocycles. The Hall–Kier alpha value is -2.08. The van der Waals surface area contributed by atoms with Crippen LogP contribution < -0.4 is 0 Å². The molecule has 0 saturated heterocycles. The van der Waals surface area contributed by atoms with Crippen molar-refractivity contribution < 1.29 is 9.90 Å². The van der Waals surface area contributed by atoms with Crippen molar-refractivity contribution in [3.05, 3.63) is 48.0 Å². The van der Waals surface area contributed by atoms with Crippen molar-refractivity contribution in [1.29, 1.82) is 5.26 Å². The van der Waals surface area contributed by atoms with Gasteiger partial charge in [-0.3, -0.25) is 4.79 Å². The molecule has 1 aromatic carbocycles. The van der Waals surface area contributed by atoms with Crippen molar-refractivity contribution in [2.24, 2.45) is 5.41 Å². The van der Waals surface area contributed by atoms with Crippen molar-refractivity contribution in [2.45, 2.75) is 18.8 Å².